The molecule has 1 aromatic heterocycles. The third-order valence-electron chi connectivity index (χ3n) is 3.00. The molecule has 0 amide bonds. The lowest BCUT2D eigenvalue weighted by molar-refractivity contribution is 0.577. The highest BCUT2D eigenvalue weighted by atomic mass is 19.1. The van der Waals surface area contributed by atoms with E-state index in [1.165, 1.54) is 16.8 Å². The van der Waals surface area contributed by atoms with Gasteiger partial charge in [0.25, 0.3) is 0 Å². The molecule has 0 radical (unpaired) electrons. The van der Waals surface area contributed by atoms with Gasteiger partial charge >= 0.3 is 5.69 Å². The van der Waals surface area contributed by atoms with Gasteiger partial charge < -0.3 is 4.98 Å². The number of aromatic nitrogens is 2. The highest BCUT2D eigenvalue weighted by Crippen LogP contribution is 2.22. The van der Waals surface area contributed by atoms with Crippen LogP contribution >= 0.6 is 0 Å². The standard InChI is InChI=1S/C15H10F2N2O/c16-11-6-7-13(12(17)8-11)19-14(9-18-15(19)20)10-4-2-1-3-5-10/h1-9H,(H,18,20). The van der Waals surface area contributed by atoms with Crippen molar-refractivity contribution in [2.24, 2.45) is 0 Å². The zero-order valence-electron chi connectivity index (χ0n) is 10.3. The maximum absolute atomic E-state index is 13.9. The van der Waals surface area contributed by atoms with Crippen LogP contribution in [0.3, 0.4) is 0 Å². The van der Waals surface area contributed by atoms with Crippen LogP contribution in [0.1, 0.15) is 0 Å². The van der Waals surface area contributed by atoms with Crippen molar-refractivity contribution < 1.29 is 8.78 Å². The molecule has 1 N–H and O–H groups in total. The Hall–Kier alpha value is -2.69. The predicted octanol–water partition coefficient (Wildman–Crippen LogP) is 3.11. The molecule has 0 aliphatic carbocycles. The van der Waals surface area contributed by atoms with Gasteiger partial charge in [0.1, 0.15) is 11.6 Å². The van der Waals surface area contributed by atoms with Crippen molar-refractivity contribution in [2.45, 2.75) is 0 Å². The zero-order chi connectivity index (χ0) is 14.1. The highest BCUT2D eigenvalue weighted by molar-refractivity contribution is 5.61. The summed E-state index contributed by atoms with van der Waals surface area (Å²) in [5.41, 5.74) is 0.807. The summed E-state index contributed by atoms with van der Waals surface area (Å²) in [4.78, 5) is 14.4. The van der Waals surface area contributed by atoms with Crippen molar-refractivity contribution in [3.8, 4) is 16.9 Å². The smallest absolute Gasteiger partial charge is 0.312 e. The van der Waals surface area contributed by atoms with Gasteiger partial charge in [-0.25, -0.2) is 13.6 Å². The van der Waals surface area contributed by atoms with Crippen molar-refractivity contribution in [2.75, 3.05) is 0 Å². The van der Waals surface area contributed by atoms with E-state index in [2.05, 4.69) is 4.98 Å². The van der Waals surface area contributed by atoms with Crippen molar-refractivity contribution in [3.63, 3.8) is 0 Å². The molecule has 3 nitrogen and oxygen atoms in total. The first-order valence-corrected chi connectivity index (χ1v) is 5.98. The van der Waals surface area contributed by atoms with Gasteiger partial charge in [0, 0.05) is 17.8 Å². The van der Waals surface area contributed by atoms with E-state index in [9.17, 15) is 13.6 Å². The molecule has 0 spiro atoms. The number of halogens is 2. The summed E-state index contributed by atoms with van der Waals surface area (Å²) in [7, 11) is 0. The molecular formula is C15H10F2N2O. The Bertz CT molecular complexity index is 806. The molecule has 0 aliphatic rings. The van der Waals surface area contributed by atoms with E-state index in [-0.39, 0.29) is 5.69 Å². The number of hydrogen-bond acceptors (Lipinski definition) is 1. The van der Waals surface area contributed by atoms with Crippen LogP contribution in [-0.2, 0) is 0 Å². The van der Waals surface area contributed by atoms with Crippen LogP contribution in [0.25, 0.3) is 16.9 Å². The van der Waals surface area contributed by atoms with E-state index in [4.69, 9.17) is 0 Å². The second kappa shape index (κ2) is 4.77. The topological polar surface area (TPSA) is 37.8 Å². The quantitative estimate of drug-likeness (QED) is 0.764. The molecule has 20 heavy (non-hydrogen) atoms. The van der Waals surface area contributed by atoms with Gasteiger partial charge in [-0.1, -0.05) is 30.3 Å². The van der Waals surface area contributed by atoms with E-state index in [1.54, 1.807) is 12.1 Å². The maximum atomic E-state index is 13.9. The molecular weight excluding hydrogens is 262 g/mol. The van der Waals surface area contributed by atoms with Crippen LogP contribution in [0, 0.1) is 11.6 Å². The van der Waals surface area contributed by atoms with Gasteiger partial charge in [0.05, 0.1) is 11.4 Å². The predicted molar refractivity (Wildman–Crippen MR) is 71.7 cm³/mol. The number of hydrogen-bond donors (Lipinski definition) is 1. The monoisotopic (exact) mass is 272 g/mol. The first-order chi connectivity index (χ1) is 9.66. The van der Waals surface area contributed by atoms with Crippen molar-refractivity contribution in [1.29, 1.82) is 0 Å². The van der Waals surface area contributed by atoms with E-state index >= 15 is 0 Å². The van der Waals surface area contributed by atoms with E-state index in [0.29, 0.717) is 5.69 Å². The van der Waals surface area contributed by atoms with Gasteiger partial charge in [-0.05, 0) is 12.1 Å². The number of nitrogens with one attached hydrogen (secondary N) is 1. The fourth-order valence-electron chi connectivity index (χ4n) is 2.09. The summed E-state index contributed by atoms with van der Waals surface area (Å²) in [5, 5.41) is 0. The number of imidazole rings is 1. The molecule has 1 heterocycles. The molecule has 5 heteroatoms. The number of nitrogens with zero attached hydrogens (tertiary/aromatic N) is 1. The first-order valence-electron chi connectivity index (χ1n) is 5.98. The average molecular weight is 272 g/mol. The average Bonchev–Trinajstić information content (AvgIpc) is 2.82. The SMILES string of the molecule is O=c1[nH]cc(-c2ccccc2)n1-c1ccc(F)cc1F. The Morgan fingerprint density at radius 2 is 1.75 bits per heavy atom. The van der Waals surface area contributed by atoms with Gasteiger partial charge in [-0.2, -0.15) is 0 Å². The van der Waals surface area contributed by atoms with Gasteiger partial charge in [-0.15, -0.1) is 0 Å². The molecule has 3 aromatic rings. The summed E-state index contributed by atoms with van der Waals surface area (Å²) >= 11 is 0. The van der Waals surface area contributed by atoms with Crippen LogP contribution in [0.4, 0.5) is 8.78 Å². The third kappa shape index (κ3) is 2.03. The Morgan fingerprint density at radius 3 is 2.45 bits per heavy atom. The molecule has 2 aromatic carbocycles. The lowest BCUT2D eigenvalue weighted by atomic mass is 10.1. The molecule has 100 valence electrons. The summed E-state index contributed by atoms with van der Waals surface area (Å²) in [5.74, 6) is -1.47. The first kappa shape index (κ1) is 12.3. The third-order valence-corrected chi connectivity index (χ3v) is 3.00. The number of H-pyrrole nitrogens is 1. The Kier molecular flexibility index (Phi) is 2.95. The van der Waals surface area contributed by atoms with Crippen molar-refractivity contribution >= 4 is 0 Å². The summed E-state index contributed by atoms with van der Waals surface area (Å²) in [6.45, 7) is 0. The second-order valence-corrected chi connectivity index (χ2v) is 4.28. The van der Waals surface area contributed by atoms with Crippen LogP contribution in [0.2, 0.25) is 0 Å². The molecule has 0 atom stereocenters. The largest absolute Gasteiger partial charge is 0.330 e. The summed E-state index contributed by atoms with van der Waals surface area (Å²) in [6.07, 6.45) is 1.50. The van der Waals surface area contributed by atoms with Gasteiger partial charge in [0.2, 0.25) is 0 Å². The fourth-order valence-corrected chi connectivity index (χ4v) is 2.09. The number of aromatic amines is 1. The lowest BCUT2D eigenvalue weighted by Gasteiger charge is -2.08. The molecule has 0 fully saturated rings. The summed E-state index contributed by atoms with van der Waals surface area (Å²) in [6, 6.07) is 12.2. The minimum atomic E-state index is -0.788. The lowest BCUT2D eigenvalue weighted by Crippen LogP contribution is -2.17. The maximum Gasteiger partial charge on any atom is 0.330 e. The van der Waals surface area contributed by atoms with Crippen LogP contribution in [-0.4, -0.2) is 9.55 Å². The minimum absolute atomic E-state index is 0.0107. The van der Waals surface area contributed by atoms with Gasteiger partial charge in [0.15, 0.2) is 0 Å². The number of rotatable bonds is 2. The van der Waals surface area contributed by atoms with Crippen molar-refractivity contribution in [1.82, 2.24) is 9.55 Å². The molecule has 0 saturated heterocycles. The molecule has 0 aliphatic heterocycles. The van der Waals surface area contributed by atoms with E-state index in [1.807, 2.05) is 18.2 Å². The van der Waals surface area contributed by atoms with E-state index in [0.717, 1.165) is 17.7 Å². The Balaban J connectivity index is 2.25. The van der Waals surface area contributed by atoms with Crippen molar-refractivity contribution in [3.05, 3.63) is 76.8 Å². The highest BCUT2D eigenvalue weighted by Gasteiger charge is 2.14. The summed E-state index contributed by atoms with van der Waals surface area (Å²) < 4.78 is 28.0. The van der Waals surface area contributed by atoms with Crippen LogP contribution in [0.15, 0.2) is 59.5 Å². The molecule has 3 rings (SSSR count). The molecule has 0 bridgehead atoms. The Morgan fingerprint density at radius 1 is 1.00 bits per heavy atom. The zero-order valence-corrected chi connectivity index (χ0v) is 10.3. The van der Waals surface area contributed by atoms with Crippen LogP contribution in [0.5, 0.6) is 0 Å². The minimum Gasteiger partial charge on any atom is -0.312 e. The van der Waals surface area contributed by atoms with E-state index < -0.39 is 17.3 Å². The molecule has 0 unspecified atom stereocenters. The Labute approximate surface area is 113 Å². The second-order valence-electron chi connectivity index (χ2n) is 4.28. The fraction of sp³-hybridized carbons (Fsp3) is 0. The van der Waals surface area contributed by atoms with Crippen LogP contribution < -0.4 is 5.69 Å². The normalized spacial score (nSPS) is 10.7. The van der Waals surface area contributed by atoms with Gasteiger partial charge in [-0.3, -0.25) is 4.57 Å². The molecule has 0 saturated carbocycles. The number of benzene rings is 2.